The molecule has 3 atom stereocenters. The van der Waals surface area contributed by atoms with E-state index in [9.17, 15) is 9.59 Å². The molecule has 2 aliphatic rings. The molecule has 0 saturated carbocycles. The third kappa shape index (κ3) is 4.08. The van der Waals surface area contributed by atoms with Crippen molar-refractivity contribution in [1.29, 1.82) is 0 Å². The van der Waals surface area contributed by atoms with Gasteiger partial charge < -0.3 is 25.7 Å². The Morgan fingerprint density at radius 2 is 2.10 bits per heavy atom. The molecule has 114 valence electrons. The number of hydrogen-bond acceptors (Lipinski definition) is 4. The van der Waals surface area contributed by atoms with Gasteiger partial charge in [-0.3, -0.25) is 0 Å². The second-order valence-electron chi connectivity index (χ2n) is 5.60. The van der Waals surface area contributed by atoms with Crippen molar-refractivity contribution in [2.75, 3.05) is 19.6 Å². The summed E-state index contributed by atoms with van der Waals surface area (Å²) in [6.07, 6.45) is 3.01. The largest absolute Gasteiger partial charge is 0.479 e. The van der Waals surface area contributed by atoms with Crippen molar-refractivity contribution in [3.05, 3.63) is 0 Å². The van der Waals surface area contributed by atoms with E-state index in [-0.39, 0.29) is 25.0 Å². The molecule has 0 spiro atoms. The number of carbonyl (C=O) groups excluding carboxylic acids is 1. The number of urea groups is 1. The van der Waals surface area contributed by atoms with Gasteiger partial charge in [0.25, 0.3) is 0 Å². The molecule has 4 N–H and O–H groups in total. The normalized spacial score (nSPS) is 27.6. The van der Waals surface area contributed by atoms with E-state index < -0.39 is 12.1 Å². The smallest absolute Gasteiger partial charge is 0.332 e. The first-order valence-corrected chi connectivity index (χ1v) is 7.25. The lowest BCUT2D eigenvalue weighted by Gasteiger charge is -2.35. The third-order valence-corrected chi connectivity index (χ3v) is 4.14. The molecule has 0 aromatic heterocycles. The van der Waals surface area contributed by atoms with E-state index in [4.69, 9.17) is 10.2 Å². The quantitative estimate of drug-likeness (QED) is 0.558. The standard InChI is InChI=1S/C13H23N3O4/c17-11(12(18)19)3-5-14-13(20)15-9-4-7-16-6-1-2-10(16)8-9/h9-11,17H,1-8H2,(H,18,19)(H2,14,15,20). The molecule has 3 unspecified atom stereocenters. The summed E-state index contributed by atoms with van der Waals surface area (Å²) in [6.45, 7) is 2.37. The number of amides is 2. The summed E-state index contributed by atoms with van der Waals surface area (Å²) in [5.41, 5.74) is 0. The van der Waals surface area contributed by atoms with Crippen LogP contribution in [0.4, 0.5) is 4.79 Å². The predicted molar refractivity (Wildman–Crippen MR) is 72.4 cm³/mol. The minimum absolute atomic E-state index is 0.0177. The highest BCUT2D eigenvalue weighted by atomic mass is 16.4. The van der Waals surface area contributed by atoms with Crippen molar-refractivity contribution >= 4 is 12.0 Å². The number of aliphatic hydroxyl groups excluding tert-OH is 1. The molecule has 2 aliphatic heterocycles. The zero-order valence-electron chi connectivity index (χ0n) is 11.5. The summed E-state index contributed by atoms with van der Waals surface area (Å²) < 4.78 is 0. The van der Waals surface area contributed by atoms with Crippen LogP contribution in [0.3, 0.4) is 0 Å². The van der Waals surface area contributed by atoms with Gasteiger partial charge in [0.2, 0.25) is 0 Å². The van der Waals surface area contributed by atoms with Crippen LogP contribution in [0.5, 0.6) is 0 Å². The minimum Gasteiger partial charge on any atom is -0.479 e. The highest BCUT2D eigenvalue weighted by molar-refractivity contribution is 5.74. The van der Waals surface area contributed by atoms with Gasteiger partial charge in [-0.1, -0.05) is 0 Å². The van der Waals surface area contributed by atoms with E-state index in [0.717, 1.165) is 19.4 Å². The number of hydrogen-bond donors (Lipinski definition) is 4. The summed E-state index contributed by atoms with van der Waals surface area (Å²) in [7, 11) is 0. The summed E-state index contributed by atoms with van der Waals surface area (Å²) in [5, 5.41) is 23.1. The maximum atomic E-state index is 11.7. The van der Waals surface area contributed by atoms with Gasteiger partial charge in [0.15, 0.2) is 6.10 Å². The Morgan fingerprint density at radius 1 is 1.30 bits per heavy atom. The van der Waals surface area contributed by atoms with E-state index in [2.05, 4.69) is 15.5 Å². The number of aliphatic hydroxyl groups is 1. The summed E-state index contributed by atoms with van der Waals surface area (Å²) in [4.78, 5) is 24.6. The lowest BCUT2D eigenvalue weighted by atomic mass is 9.98. The van der Waals surface area contributed by atoms with E-state index in [1.807, 2.05) is 0 Å². The monoisotopic (exact) mass is 285 g/mol. The Balaban J connectivity index is 1.63. The molecule has 20 heavy (non-hydrogen) atoms. The SMILES string of the molecule is O=C(NCCC(O)C(=O)O)NC1CCN2CCCC2C1. The summed E-state index contributed by atoms with van der Waals surface area (Å²) in [5.74, 6) is -1.26. The van der Waals surface area contributed by atoms with Gasteiger partial charge >= 0.3 is 12.0 Å². The second-order valence-corrected chi connectivity index (χ2v) is 5.60. The Hall–Kier alpha value is -1.34. The average Bonchev–Trinajstić information content (AvgIpc) is 2.85. The fourth-order valence-corrected chi connectivity index (χ4v) is 3.04. The van der Waals surface area contributed by atoms with Crippen LogP contribution in [0.15, 0.2) is 0 Å². The molecule has 2 heterocycles. The molecule has 2 fully saturated rings. The van der Waals surface area contributed by atoms with Crippen LogP contribution >= 0.6 is 0 Å². The molecule has 0 aromatic carbocycles. The van der Waals surface area contributed by atoms with Crippen molar-refractivity contribution < 1.29 is 19.8 Å². The highest BCUT2D eigenvalue weighted by Crippen LogP contribution is 2.26. The molecule has 7 heteroatoms. The number of aliphatic carboxylic acids is 1. The number of fused-ring (bicyclic) bond motifs is 1. The van der Waals surface area contributed by atoms with E-state index in [1.165, 1.54) is 19.4 Å². The summed E-state index contributed by atoms with van der Waals surface area (Å²) >= 11 is 0. The van der Waals surface area contributed by atoms with Gasteiger partial charge in [-0.05, 0) is 32.2 Å². The van der Waals surface area contributed by atoms with Crippen LogP contribution in [0.1, 0.15) is 32.1 Å². The number of carboxylic acids is 1. The highest BCUT2D eigenvalue weighted by Gasteiger charge is 2.32. The first-order valence-electron chi connectivity index (χ1n) is 7.25. The summed E-state index contributed by atoms with van der Waals surface area (Å²) in [6, 6.07) is 0.515. The predicted octanol–water partition coefficient (Wildman–Crippen LogP) is -0.252. The number of nitrogens with one attached hydrogen (secondary N) is 2. The van der Waals surface area contributed by atoms with Gasteiger partial charge in [0.05, 0.1) is 0 Å². The molecular weight excluding hydrogens is 262 g/mol. The Labute approximate surface area is 118 Å². The van der Waals surface area contributed by atoms with E-state index in [1.54, 1.807) is 0 Å². The van der Waals surface area contributed by atoms with Crippen LogP contribution in [0, 0.1) is 0 Å². The van der Waals surface area contributed by atoms with E-state index >= 15 is 0 Å². The molecule has 2 amide bonds. The second kappa shape index (κ2) is 6.90. The number of piperidine rings is 1. The third-order valence-electron chi connectivity index (χ3n) is 4.14. The van der Waals surface area contributed by atoms with Crippen molar-refractivity contribution in [2.45, 2.75) is 50.3 Å². The van der Waals surface area contributed by atoms with E-state index in [0.29, 0.717) is 6.04 Å². The molecule has 2 rings (SSSR count). The van der Waals surface area contributed by atoms with Crippen molar-refractivity contribution in [2.24, 2.45) is 0 Å². The first-order chi connectivity index (χ1) is 9.56. The first kappa shape index (κ1) is 15.1. The van der Waals surface area contributed by atoms with Gasteiger partial charge in [-0.25, -0.2) is 9.59 Å². The van der Waals surface area contributed by atoms with Crippen LogP contribution in [-0.2, 0) is 4.79 Å². The Morgan fingerprint density at radius 3 is 2.85 bits per heavy atom. The number of nitrogens with zero attached hydrogens (tertiary/aromatic N) is 1. The topological polar surface area (TPSA) is 102 Å². The maximum Gasteiger partial charge on any atom is 0.332 e. The Bertz CT molecular complexity index is 364. The molecule has 7 nitrogen and oxygen atoms in total. The molecule has 0 radical (unpaired) electrons. The molecular formula is C13H23N3O4. The lowest BCUT2D eigenvalue weighted by molar-refractivity contribution is -0.146. The van der Waals surface area contributed by atoms with Gasteiger partial charge in [-0.2, -0.15) is 0 Å². The van der Waals surface area contributed by atoms with Gasteiger partial charge in [0, 0.05) is 31.6 Å². The molecule has 0 aliphatic carbocycles. The zero-order chi connectivity index (χ0) is 14.5. The molecule has 0 aromatic rings. The lowest BCUT2D eigenvalue weighted by Crippen LogP contribution is -2.50. The number of carbonyl (C=O) groups is 2. The minimum atomic E-state index is -1.42. The number of rotatable bonds is 5. The van der Waals surface area contributed by atoms with Crippen LogP contribution < -0.4 is 10.6 Å². The van der Waals surface area contributed by atoms with Gasteiger partial charge in [0.1, 0.15) is 0 Å². The fourth-order valence-electron chi connectivity index (χ4n) is 3.04. The zero-order valence-corrected chi connectivity index (χ0v) is 11.5. The number of carboxylic acid groups (broad SMARTS) is 1. The van der Waals surface area contributed by atoms with Crippen molar-refractivity contribution in [3.63, 3.8) is 0 Å². The van der Waals surface area contributed by atoms with Crippen molar-refractivity contribution in [1.82, 2.24) is 15.5 Å². The van der Waals surface area contributed by atoms with Crippen LogP contribution in [0.25, 0.3) is 0 Å². The Kier molecular flexibility index (Phi) is 5.19. The molecule has 2 saturated heterocycles. The molecule has 0 bridgehead atoms. The van der Waals surface area contributed by atoms with Crippen LogP contribution in [-0.4, -0.2) is 64.9 Å². The maximum absolute atomic E-state index is 11.7. The average molecular weight is 285 g/mol. The van der Waals surface area contributed by atoms with Gasteiger partial charge in [-0.15, -0.1) is 0 Å². The fraction of sp³-hybridized carbons (Fsp3) is 0.846. The van der Waals surface area contributed by atoms with Crippen LogP contribution in [0.2, 0.25) is 0 Å². The van der Waals surface area contributed by atoms with Crippen molar-refractivity contribution in [3.8, 4) is 0 Å².